The average Bonchev–Trinajstić information content (AvgIpc) is 3.19. The number of hydrogen-bond acceptors (Lipinski definition) is 6. The molecule has 0 saturated carbocycles. The van der Waals surface area contributed by atoms with E-state index in [1.54, 1.807) is 30.3 Å². The lowest BCUT2D eigenvalue weighted by Crippen LogP contribution is -2.63. The van der Waals surface area contributed by atoms with Crippen LogP contribution in [-0.2, 0) is 17.6 Å². The second kappa shape index (κ2) is 11.1. The van der Waals surface area contributed by atoms with Crippen molar-refractivity contribution in [2.75, 3.05) is 0 Å². The Kier molecular flexibility index (Phi) is 7.80. The highest BCUT2D eigenvalue weighted by molar-refractivity contribution is 6.31. The van der Waals surface area contributed by atoms with Crippen molar-refractivity contribution >= 4 is 29.3 Å². The number of aryl methyl sites for hydroxylation is 1. The molecule has 3 aromatic carbocycles. The fourth-order valence-electron chi connectivity index (χ4n) is 4.20. The van der Waals surface area contributed by atoms with Crippen LogP contribution >= 0.6 is 11.6 Å². The first-order valence-corrected chi connectivity index (χ1v) is 12.1. The molecule has 0 spiro atoms. The number of carbonyl (C=O) groups excluding carboxylic acids is 2. The van der Waals surface area contributed by atoms with Crippen LogP contribution in [0.3, 0.4) is 0 Å². The number of aromatic nitrogens is 2. The molecule has 39 heavy (non-hydrogen) atoms. The zero-order valence-corrected chi connectivity index (χ0v) is 21.4. The van der Waals surface area contributed by atoms with Gasteiger partial charge >= 0.3 is 5.97 Å². The Hall–Kier alpha value is -4.54. The highest BCUT2D eigenvalue weighted by atomic mass is 35.5. The van der Waals surface area contributed by atoms with Gasteiger partial charge in [0, 0.05) is 12.0 Å². The number of rotatable bonds is 9. The maximum atomic E-state index is 14.6. The Balaban J connectivity index is 1.70. The molecule has 5 N–H and O–H groups in total. The summed E-state index contributed by atoms with van der Waals surface area (Å²) in [6, 6.07) is 18.7. The zero-order valence-electron chi connectivity index (χ0n) is 20.7. The average molecular weight is 551 g/mol. The first-order valence-electron chi connectivity index (χ1n) is 11.7. The van der Waals surface area contributed by atoms with E-state index in [9.17, 15) is 24.0 Å². The molecule has 0 bridgehead atoms. The monoisotopic (exact) mass is 550 g/mol. The SMILES string of the molecule is Cc1nc(-c2cccc(Cl)c2F)n(O)c1C(=O)NC(N)(Cc1ccccc1)C(=O)c1ccc(CC(=O)O)cc1. The lowest BCUT2D eigenvalue weighted by Gasteiger charge is -2.29. The van der Waals surface area contributed by atoms with E-state index in [4.69, 9.17) is 22.4 Å². The van der Waals surface area contributed by atoms with Crippen molar-refractivity contribution in [3.63, 3.8) is 0 Å². The fraction of sp³-hybridized carbons (Fsp3) is 0.143. The maximum Gasteiger partial charge on any atom is 0.307 e. The predicted molar refractivity (Wildman–Crippen MR) is 141 cm³/mol. The Bertz CT molecular complexity index is 1560. The van der Waals surface area contributed by atoms with Gasteiger partial charge in [-0.05, 0) is 30.2 Å². The molecule has 11 heteroatoms. The van der Waals surface area contributed by atoms with Gasteiger partial charge in [-0.2, -0.15) is 4.73 Å². The smallest absolute Gasteiger partial charge is 0.307 e. The van der Waals surface area contributed by atoms with Crippen molar-refractivity contribution in [3.05, 3.63) is 112 Å². The van der Waals surface area contributed by atoms with Crippen LogP contribution in [0.4, 0.5) is 4.39 Å². The van der Waals surface area contributed by atoms with Gasteiger partial charge in [0.15, 0.2) is 23.0 Å². The van der Waals surface area contributed by atoms with Gasteiger partial charge in [0.1, 0.15) is 0 Å². The highest BCUT2D eigenvalue weighted by Gasteiger charge is 2.38. The van der Waals surface area contributed by atoms with Crippen LogP contribution in [0.15, 0.2) is 72.8 Å². The van der Waals surface area contributed by atoms with Crippen LogP contribution in [0.5, 0.6) is 0 Å². The van der Waals surface area contributed by atoms with Crippen molar-refractivity contribution in [2.45, 2.75) is 25.4 Å². The van der Waals surface area contributed by atoms with Crippen LogP contribution in [0.1, 0.15) is 37.7 Å². The number of amides is 1. The lowest BCUT2D eigenvalue weighted by atomic mass is 9.91. The molecule has 200 valence electrons. The molecule has 1 amide bonds. The van der Waals surface area contributed by atoms with Gasteiger partial charge in [0.25, 0.3) is 5.91 Å². The molecule has 1 unspecified atom stereocenters. The minimum Gasteiger partial charge on any atom is -0.481 e. The minimum absolute atomic E-state index is 0.0527. The molecule has 1 atom stereocenters. The van der Waals surface area contributed by atoms with E-state index in [2.05, 4.69) is 10.3 Å². The number of nitrogens with zero attached hydrogens (tertiary/aromatic N) is 2. The maximum absolute atomic E-state index is 14.6. The molecule has 0 aliphatic carbocycles. The molecule has 4 aromatic rings. The molecule has 0 radical (unpaired) electrons. The minimum atomic E-state index is -1.98. The third-order valence-corrected chi connectivity index (χ3v) is 6.37. The molecule has 0 aliphatic rings. The Morgan fingerprint density at radius 1 is 1.03 bits per heavy atom. The third kappa shape index (κ3) is 5.82. The second-order valence-corrected chi connectivity index (χ2v) is 9.37. The number of imidazole rings is 1. The van der Waals surface area contributed by atoms with Gasteiger partial charge in [-0.1, -0.05) is 72.3 Å². The third-order valence-electron chi connectivity index (χ3n) is 6.08. The summed E-state index contributed by atoms with van der Waals surface area (Å²) in [4.78, 5) is 42.2. The summed E-state index contributed by atoms with van der Waals surface area (Å²) in [6.45, 7) is 1.44. The highest BCUT2D eigenvalue weighted by Crippen LogP contribution is 2.28. The van der Waals surface area contributed by atoms with Crippen LogP contribution in [0, 0.1) is 12.7 Å². The van der Waals surface area contributed by atoms with Crippen LogP contribution in [0.2, 0.25) is 5.02 Å². The number of Topliss-reactive ketones (excluding diaryl/α,β-unsaturated/α-hetero) is 1. The summed E-state index contributed by atoms with van der Waals surface area (Å²) >= 11 is 5.86. The van der Waals surface area contributed by atoms with Crippen molar-refractivity contribution in [3.8, 4) is 11.4 Å². The topological polar surface area (TPSA) is 148 Å². The summed E-state index contributed by atoms with van der Waals surface area (Å²) in [6.07, 6.45) is -0.331. The number of ketones is 1. The fourth-order valence-corrected chi connectivity index (χ4v) is 4.37. The van der Waals surface area contributed by atoms with E-state index in [0.29, 0.717) is 15.9 Å². The van der Waals surface area contributed by atoms with Crippen LogP contribution < -0.4 is 11.1 Å². The summed E-state index contributed by atoms with van der Waals surface area (Å²) in [5.74, 6) is -3.68. The zero-order chi connectivity index (χ0) is 28.3. The van der Waals surface area contributed by atoms with E-state index in [0.717, 1.165) is 0 Å². The van der Waals surface area contributed by atoms with Gasteiger partial charge < -0.3 is 21.4 Å². The largest absolute Gasteiger partial charge is 0.481 e. The Morgan fingerprint density at radius 3 is 2.33 bits per heavy atom. The molecule has 1 aromatic heterocycles. The molecule has 0 aliphatic heterocycles. The lowest BCUT2D eigenvalue weighted by molar-refractivity contribution is -0.136. The van der Waals surface area contributed by atoms with Crippen molar-refractivity contribution < 1.29 is 29.1 Å². The summed E-state index contributed by atoms with van der Waals surface area (Å²) in [7, 11) is 0. The summed E-state index contributed by atoms with van der Waals surface area (Å²) in [5, 5.41) is 22.1. The number of carboxylic acid groups (broad SMARTS) is 1. The van der Waals surface area contributed by atoms with Gasteiger partial charge in [-0.15, -0.1) is 0 Å². The number of nitrogens with two attached hydrogens (primary N) is 1. The van der Waals surface area contributed by atoms with E-state index in [1.807, 2.05) is 0 Å². The first-order chi connectivity index (χ1) is 18.5. The number of aliphatic carboxylic acids is 1. The molecular formula is C28H24ClFN4O5. The molecule has 0 saturated heterocycles. The van der Waals surface area contributed by atoms with Crippen LogP contribution in [-0.4, -0.2) is 43.4 Å². The molecule has 9 nitrogen and oxygen atoms in total. The van der Waals surface area contributed by atoms with E-state index < -0.39 is 29.1 Å². The van der Waals surface area contributed by atoms with Gasteiger partial charge in [0.05, 0.1) is 22.7 Å². The van der Waals surface area contributed by atoms with Gasteiger partial charge in [0.2, 0.25) is 5.78 Å². The predicted octanol–water partition coefficient (Wildman–Crippen LogP) is 4.03. The first kappa shape index (κ1) is 27.5. The van der Waals surface area contributed by atoms with E-state index in [-0.39, 0.29) is 46.2 Å². The molecule has 1 heterocycles. The molecule has 4 rings (SSSR count). The van der Waals surface area contributed by atoms with Crippen molar-refractivity contribution in [1.82, 2.24) is 15.0 Å². The Labute approximate surface area is 227 Å². The molecular weight excluding hydrogens is 527 g/mol. The van der Waals surface area contributed by atoms with Crippen molar-refractivity contribution in [1.29, 1.82) is 0 Å². The number of benzene rings is 3. The van der Waals surface area contributed by atoms with Gasteiger partial charge in [-0.3, -0.25) is 14.4 Å². The standard InChI is InChI=1S/C28H24ClFN4O5/c1-16-24(34(39)26(32-16)20-8-5-9-21(29)23(20)30)27(38)33-28(31,15-18-6-3-2-4-7-18)25(37)19-12-10-17(11-13-19)14-22(35)36/h2-13,39H,14-15,31H2,1H3,(H,33,38)(H,35,36). The molecule has 0 fully saturated rings. The number of halogens is 2. The summed E-state index contributed by atoms with van der Waals surface area (Å²) in [5.41, 5.74) is 5.41. The Morgan fingerprint density at radius 2 is 1.69 bits per heavy atom. The van der Waals surface area contributed by atoms with Crippen LogP contribution in [0.25, 0.3) is 11.4 Å². The van der Waals surface area contributed by atoms with E-state index in [1.165, 1.54) is 49.4 Å². The number of carbonyl (C=O) groups is 3. The van der Waals surface area contributed by atoms with E-state index >= 15 is 0 Å². The van der Waals surface area contributed by atoms with Gasteiger partial charge in [-0.25, -0.2) is 9.37 Å². The number of nitrogens with one attached hydrogen (secondary N) is 1. The normalized spacial score (nSPS) is 12.5. The number of hydrogen-bond donors (Lipinski definition) is 4. The quantitative estimate of drug-likeness (QED) is 0.140. The van der Waals surface area contributed by atoms with Crippen molar-refractivity contribution in [2.24, 2.45) is 5.73 Å². The summed E-state index contributed by atoms with van der Waals surface area (Å²) < 4.78 is 15.0. The number of carboxylic acids is 1. The second-order valence-electron chi connectivity index (χ2n) is 8.97.